The summed E-state index contributed by atoms with van der Waals surface area (Å²) in [4.78, 5) is 22.0. The molecule has 1 amide bonds. The Balaban J connectivity index is 2.97. The van der Waals surface area contributed by atoms with Gasteiger partial charge in [-0.15, -0.1) is 0 Å². The van der Waals surface area contributed by atoms with Crippen molar-refractivity contribution < 1.29 is 32.6 Å². The van der Waals surface area contributed by atoms with Gasteiger partial charge in [-0.25, -0.2) is 9.59 Å². The Morgan fingerprint density at radius 3 is 2.62 bits per heavy atom. The van der Waals surface area contributed by atoms with Crippen LogP contribution in [0.1, 0.15) is 10.4 Å². The second-order valence-electron chi connectivity index (χ2n) is 3.57. The summed E-state index contributed by atoms with van der Waals surface area (Å²) in [6.07, 6.45) is 0.370. The first kappa shape index (κ1) is 16.9. The van der Waals surface area contributed by atoms with Gasteiger partial charge in [0.2, 0.25) is 0 Å². The number of carboxylic acids is 1. The van der Waals surface area contributed by atoms with Gasteiger partial charge in [0, 0.05) is 4.90 Å². The van der Waals surface area contributed by atoms with Crippen molar-refractivity contribution in [2.75, 3.05) is 11.9 Å². The van der Waals surface area contributed by atoms with Crippen LogP contribution < -0.4 is 5.32 Å². The van der Waals surface area contributed by atoms with E-state index in [9.17, 15) is 22.8 Å². The monoisotopic (exact) mass is 321 g/mol. The average molecular weight is 321 g/mol. The first-order valence-corrected chi connectivity index (χ1v) is 6.22. The molecule has 0 atom stereocenters. The molecule has 0 saturated heterocycles. The van der Waals surface area contributed by atoms with Gasteiger partial charge in [0.25, 0.3) is 0 Å². The predicted octanol–water partition coefficient (Wildman–Crippen LogP) is 3.73. The third-order valence-electron chi connectivity index (χ3n) is 2.02. The van der Waals surface area contributed by atoms with E-state index in [1.54, 1.807) is 0 Å². The summed E-state index contributed by atoms with van der Waals surface area (Å²) in [5.74, 6) is -1.47. The molecule has 0 spiro atoms. The van der Waals surface area contributed by atoms with E-state index in [0.717, 1.165) is 18.2 Å². The quantitative estimate of drug-likeness (QED) is 0.638. The number of thioether (sulfide) groups is 1. The molecule has 1 aromatic carbocycles. The Morgan fingerprint density at radius 1 is 1.43 bits per heavy atom. The first-order chi connectivity index (χ1) is 9.73. The summed E-state index contributed by atoms with van der Waals surface area (Å²) in [6, 6.07) is 2.93. The van der Waals surface area contributed by atoms with Gasteiger partial charge in [-0.1, -0.05) is 12.7 Å². The SMILES string of the molecule is C=CCOC(=O)Nc1ccc(SC(F)(F)F)cc1C(=O)O. The molecule has 21 heavy (non-hydrogen) atoms. The largest absolute Gasteiger partial charge is 0.478 e. The van der Waals surface area contributed by atoms with E-state index in [4.69, 9.17) is 5.11 Å². The van der Waals surface area contributed by atoms with Crippen LogP contribution in [0.15, 0.2) is 35.7 Å². The van der Waals surface area contributed by atoms with Crippen LogP contribution >= 0.6 is 11.8 Å². The number of benzene rings is 1. The van der Waals surface area contributed by atoms with Crippen molar-refractivity contribution in [2.24, 2.45) is 0 Å². The number of anilines is 1. The van der Waals surface area contributed by atoms with E-state index < -0.39 is 34.9 Å². The van der Waals surface area contributed by atoms with Gasteiger partial charge in [-0.05, 0) is 30.0 Å². The molecule has 0 aliphatic heterocycles. The smallest absolute Gasteiger partial charge is 0.446 e. The Labute approximate surface area is 121 Å². The van der Waals surface area contributed by atoms with Crippen molar-refractivity contribution in [1.29, 1.82) is 0 Å². The molecule has 2 N–H and O–H groups in total. The summed E-state index contributed by atoms with van der Waals surface area (Å²) in [5.41, 5.74) is -5.17. The number of halogens is 3. The lowest BCUT2D eigenvalue weighted by atomic mass is 10.2. The van der Waals surface area contributed by atoms with Crippen LogP contribution in [0.2, 0.25) is 0 Å². The van der Waals surface area contributed by atoms with E-state index in [2.05, 4.69) is 16.6 Å². The third-order valence-corrected chi connectivity index (χ3v) is 2.75. The highest BCUT2D eigenvalue weighted by molar-refractivity contribution is 8.00. The standard InChI is InChI=1S/C12H10F3NO4S/c1-2-5-20-11(19)16-9-4-3-7(21-12(13,14)15)6-8(9)10(17)18/h2-4,6H,1,5H2,(H,16,19)(H,17,18). The summed E-state index contributed by atoms with van der Waals surface area (Å²) >= 11 is -0.447. The van der Waals surface area contributed by atoms with Gasteiger partial charge in [0.15, 0.2) is 0 Å². The molecule has 0 aliphatic rings. The van der Waals surface area contributed by atoms with Gasteiger partial charge >= 0.3 is 17.6 Å². The van der Waals surface area contributed by atoms with Gasteiger partial charge in [-0.2, -0.15) is 13.2 Å². The Kier molecular flexibility index (Phi) is 5.65. The van der Waals surface area contributed by atoms with Gasteiger partial charge in [0.1, 0.15) is 6.61 Å². The minimum absolute atomic E-state index is 0.0871. The van der Waals surface area contributed by atoms with Crippen molar-refractivity contribution in [3.63, 3.8) is 0 Å². The van der Waals surface area contributed by atoms with E-state index in [-0.39, 0.29) is 17.2 Å². The number of nitrogens with one attached hydrogen (secondary N) is 1. The Hall–Kier alpha value is -2.16. The number of ether oxygens (including phenoxy) is 1. The molecule has 0 aliphatic carbocycles. The molecule has 1 aromatic rings. The summed E-state index contributed by atoms with van der Waals surface area (Å²) in [7, 11) is 0. The number of rotatable bonds is 5. The lowest BCUT2D eigenvalue weighted by molar-refractivity contribution is -0.0328. The van der Waals surface area contributed by atoms with Gasteiger partial charge < -0.3 is 9.84 Å². The molecular formula is C12H10F3NO4S. The van der Waals surface area contributed by atoms with Gasteiger partial charge in [-0.3, -0.25) is 5.32 Å². The second-order valence-corrected chi connectivity index (χ2v) is 4.71. The minimum Gasteiger partial charge on any atom is -0.478 e. The average Bonchev–Trinajstić information content (AvgIpc) is 2.36. The lowest BCUT2D eigenvalue weighted by Crippen LogP contribution is -2.16. The fourth-order valence-electron chi connectivity index (χ4n) is 1.29. The second kappa shape index (κ2) is 7.02. The van der Waals surface area contributed by atoms with Gasteiger partial charge in [0.05, 0.1) is 11.3 Å². The zero-order chi connectivity index (χ0) is 16.0. The Bertz CT molecular complexity index is 560. The number of hydrogen-bond acceptors (Lipinski definition) is 4. The number of aromatic carboxylic acids is 1. The van der Waals surface area contributed by atoms with E-state index in [0.29, 0.717) is 0 Å². The third kappa shape index (κ3) is 5.78. The molecule has 1 rings (SSSR count). The molecule has 5 nitrogen and oxygen atoms in total. The number of alkyl halides is 3. The number of hydrogen-bond donors (Lipinski definition) is 2. The molecule has 9 heteroatoms. The molecule has 0 aromatic heterocycles. The van der Waals surface area contributed by atoms with Crippen molar-refractivity contribution in [3.05, 3.63) is 36.4 Å². The number of carbonyl (C=O) groups excluding carboxylic acids is 1. The topological polar surface area (TPSA) is 75.6 Å². The minimum atomic E-state index is -4.53. The fourth-order valence-corrected chi connectivity index (χ4v) is 1.87. The molecule has 0 unspecified atom stereocenters. The molecule has 0 fully saturated rings. The summed E-state index contributed by atoms with van der Waals surface area (Å²) < 4.78 is 41.3. The lowest BCUT2D eigenvalue weighted by Gasteiger charge is -2.11. The van der Waals surface area contributed by atoms with Crippen LogP contribution in [0.4, 0.5) is 23.7 Å². The molecule has 0 radical (unpaired) electrons. The van der Waals surface area contributed by atoms with Crippen LogP contribution in [-0.2, 0) is 4.74 Å². The van der Waals surface area contributed by atoms with Crippen LogP contribution in [0, 0.1) is 0 Å². The summed E-state index contributed by atoms with van der Waals surface area (Å²) in [6.45, 7) is 3.24. The summed E-state index contributed by atoms with van der Waals surface area (Å²) in [5, 5.41) is 11.1. The normalized spacial score (nSPS) is 10.8. The fraction of sp³-hybridized carbons (Fsp3) is 0.167. The van der Waals surface area contributed by atoms with Crippen molar-refractivity contribution in [3.8, 4) is 0 Å². The van der Waals surface area contributed by atoms with E-state index >= 15 is 0 Å². The molecule has 0 bridgehead atoms. The highest BCUT2D eigenvalue weighted by atomic mass is 32.2. The zero-order valence-corrected chi connectivity index (χ0v) is 11.3. The van der Waals surface area contributed by atoms with Crippen molar-refractivity contribution >= 4 is 29.5 Å². The van der Waals surface area contributed by atoms with Crippen LogP contribution in [0.5, 0.6) is 0 Å². The maximum Gasteiger partial charge on any atom is 0.446 e. The van der Waals surface area contributed by atoms with E-state index in [1.807, 2.05) is 0 Å². The van der Waals surface area contributed by atoms with Crippen LogP contribution in [0.3, 0.4) is 0 Å². The highest BCUT2D eigenvalue weighted by Crippen LogP contribution is 2.38. The number of amides is 1. The van der Waals surface area contributed by atoms with E-state index in [1.165, 1.54) is 6.08 Å². The van der Waals surface area contributed by atoms with Crippen molar-refractivity contribution in [1.82, 2.24) is 0 Å². The Morgan fingerprint density at radius 2 is 2.10 bits per heavy atom. The highest BCUT2D eigenvalue weighted by Gasteiger charge is 2.30. The maximum absolute atomic E-state index is 12.2. The maximum atomic E-state index is 12.2. The predicted molar refractivity (Wildman–Crippen MR) is 70.5 cm³/mol. The first-order valence-electron chi connectivity index (χ1n) is 5.40. The number of carboxylic acid groups (broad SMARTS) is 1. The number of carbonyl (C=O) groups is 2. The van der Waals surface area contributed by atoms with Crippen LogP contribution in [-0.4, -0.2) is 29.3 Å². The zero-order valence-electron chi connectivity index (χ0n) is 10.4. The molecule has 0 heterocycles. The molecule has 114 valence electrons. The van der Waals surface area contributed by atoms with Crippen LogP contribution in [0.25, 0.3) is 0 Å². The molecular weight excluding hydrogens is 311 g/mol. The molecule has 0 saturated carbocycles. The van der Waals surface area contributed by atoms with Crippen molar-refractivity contribution in [2.45, 2.75) is 10.4 Å².